The molecule has 4 heteroatoms. The highest BCUT2D eigenvalue weighted by atomic mass is 16.5. The van der Waals surface area contributed by atoms with Gasteiger partial charge in [-0.1, -0.05) is 48.9 Å². The van der Waals surface area contributed by atoms with Gasteiger partial charge in [-0.05, 0) is 50.1 Å². The summed E-state index contributed by atoms with van der Waals surface area (Å²) in [5.41, 5.74) is 3.65. The van der Waals surface area contributed by atoms with E-state index in [-0.39, 0.29) is 12.1 Å². The summed E-state index contributed by atoms with van der Waals surface area (Å²) >= 11 is 0. The van der Waals surface area contributed by atoms with Gasteiger partial charge in [0.25, 0.3) is 0 Å². The molecule has 1 aliphatic heterocycles. The molecule has 1 aliphatic rings. The van der Waals surface area contributed by atoms with E-state index in [0.29, 0.717) is 6.54 Å². The first-order chi connectivity index (χ1) is 12.6. The minimum absolute atomic E-state index is 0.00632. The van der Waals surface area contributed by atoms with Crippen molar-refractivity contribution in [3.05, 3.63) is 65.2 Å². The van der Waals surface area contributed by atoms with Crippen molar-refractivity contribution in [1.29, 1.82) is 0 Å². The van der Waals surface area contributed by atoms with Crippen molar-refractivity contribution in [2.75, 3.05) is 26.7 Å². The summed E-state index contributed by atoms with van der Waals surface area (Å²) in [5.74, 6) is 1.07. The zero-order valence-corrected chi connectivity index (χ0v) is 15.9. The van der Waals surface area contributed by atoms with Crippen molar-refractivity contribution >= 4 is 5.91 Å². The second kappa shape index (κ2) is 8.37. The Kier molecular flexibility index (Phi) is 5.94. The lowest BCUT2D eigenvalue weighted by Gasteiger charge is -2.28. The van der Waals surface area contributed by atoms with Crippen molar-refractivity contribution in [3.63, 3.8) is 0 Å². The second-order valence-corrected chi connectivity index (χ2v) is 7.03. The first-order valence-electron chi connectivity index (χ1n) is 9.36. The van der Waals surface area contributed by atoms with Crippen molar-refractivity contribution in [3.8, 4) is 5.75 Å². The SMILES string of the molecule is CCCOc1ccc(C2N(C)CC(=O)N2CCc2ccc(C)cc2)cc1. The summed E-state index contributed by atoms with van der Waals surface area (Å²) in [6.07, 6.45) is 1.86. The summed E-state index contributed by atoms with van der Waals surface area (Å²) < 4.78 is 5.67. The summed E-state index contributed by atoms with van der Waals surface area (Å²) in [4.78, 5) is 16.6. The summed E-state index contributed by atoms with van der Waals surface area (Å²) in [7, 11) is 2.01. The van der Waals surface area contributed by atoms with Gasteiger partial charge in [0.1, 0.15) is 11.9 Å². The number of aryl methyl sites for hydroxylation is 1. The van der Waals surface area contributed by atoms with E-state index in [1.54, 1.807) is 0 Å². The van der Waals surface area contributed by atoms with Crippen LogP contribution in [0.15, 0.2) is 48.5 Å². The molecule has 0 aliphatic carbocycles. The number of hydrogen-bond donors (Lipinski definition) is 0. The topological polar surface area (TPSA) is 32.8 Å². The minimum atomic E-state index is -0.00632. The summed E-state index contributed by atoms with van der Waals surface area (Å²) in [6.45, 7) is 6.10. The Morgan fingerprint density at radius 2 is 1.77 bits per heavy atom. The molecule has 1 atom stereocenters. The molecule has 0 aromatic heterocycles. The van der Waals surface area contributed by atoms with Crippen LogP contribution in [0.4, 0.5) is 0 Å². The number of carbonyl (C=O) groups excluding carboxylic acids is 1. The number of ether oxygens (including phenoxy) is 1. The molecule has 0 spiro atoms. The van der Waals surface area contributed by atoms with E-state index in [1.165, 1.54) is 11.1 Å². The average Bonchev–Trinajstić information content (AvgIpc) is 2.93. The lowest BCUT2D eigenvalue weighted by molar-refractivity contribution is -0.128. The molecular formula is C22H28N2O2. The molecule has 1 fully saturated rings. The third kappa shape index (κ3) is 4.25. The molecule has 26 heavy (non-hydrogen) atoms. The van der Waals surface area contributed by atoms with Gasteiger partial charge in [0.2, 0.25) is 5.91 Å². The molecule has 2 aromatic carbocycles. The van der Waals surface area contributed by atoms with Gasteiger partial charge in [-0.15, -0.1) is 0 Å². The maximum Gasteiger partial charge on any atom is 0.238 e. The first-order valence-corrected chi connectivity index (χ1v) is 9.36. The molecule has 1 saturated heterocycles. The molecule has 0 N–H and O–H groups in total. The highest BCUT2D eigenvalue weighted by Gasteiger charge is 2.36. The maximum absolute atomic E-state index is 12.5. The molecule has 2 aromatic rings. The van der Waals surface area contributed by atoms with E-state index in [2.05, 4.69) is 55.1 Å². The monoisotopic (exact) mass is 352 g/mol. The van der Waals surface area contributed by atoms with Crippen molar-refractivity contribution < 1.29 is 9.53 Å². The second-order valence-electron chi connectivity index (χ2n) is 7.03. The molecule has 0 bridgehead atoms. The van der Waals surface area contributed by atoms with Gasteiger partial charge in [0.05, 0.1) is 13.2 Å². The van der Waals surface area contributed by atoms with Crippen LogP contribution < -0.4 is 4.74 Å². The van der Waals surface area contributed by atoms with E-state index in [1.807, 2.05) is 24.1 Å². The Bertz CT molecular complexity index is 725. The van der Waals surface area contributed by atoms with Gasteiger partial charge < -0.3 is 9.64 Å². The summed E-state index contributed by atoms with van der Waals surface area (Å²) in [6, 6.07) is 16.7. The maximum atomic E-state index is 12.5. The number of hydrogen-bond acceptors (Lipinski definition) is 3. The number of carbonyl (C=O) groups is 1. The molecular weight excluding hydrogens is 324 g/mol. The molecule has 1 unspecified atom stereocenters. The zero-order valence-electron chi connectivity index (χ0n) is 15.9. The minimum Gasteiger partial charge on any atom is -0.494 e. The van der Waals surface area contributed by atoms with Crippen molar-refractivity contribution in [1.82, 2.24) is 9.80 Å². The number of benzene rings is 2. The Labute approximate surface area is 156 Å². The zero-order chi connectivity index (χ0) is 18.5. The number of amides is 1. The predicted molar refractivity (Wildman–Crippen MR) is 104 cm³/mol. The highest BCUT2D eigenvalue weighted by molar-refractivity contribution is 5.81. The largest absolute Gasteiger partial charge is 0.494 e. The molecule has 1 amide bonds. The standard InChI is InChI=1S/C22H28N2O2/c1-4-15-26-20-11-9-19(10-12-20)22-23(3)16-21(25)24(22)14-13-18-7-5-17(2)6-8-18/h5-12,22H,4,13-16H2,1-3H3. The third-order valence-electron chi connectivity index (χ3n) is 4.83. The van der Waals surface area contributed by atoms with Crippen LogP contribution in [0.25, 0.3) is 0 Å². The Morgan fingerprint density at radius 3 is 2.42 bits per heavy atom. The Morgan fingerprint density at radius 1 is 1.08 bits per heavy atom. The smallest absolute Gasteiger partial charge is 0.238 e. The highest BCUT2D eigenvalue weighted by Crippen LogP contribution is 2.30. The Hall–Kier alpha value is -2.33. The van der Waals surface area contributed by atoms with Gasteiger partial charge in [0, 0.05) is 6.54 Å². The molecule has 1 heterocycles. The van der Waals surface area contributed by atoms with E-state index in [0.717, 1.165) is 37.3 Å². The third-order valence-corrected chi connectivity index (χ3v) is 4.83. The molecule has 0 saturated carbocycles. The van der Waals surface area contributed by atoms with E-state index in [4.69, 9.17) is 4.74 Å². The van der Waals surface area contributed by atoms with Crippen LogP contribution in [0.5, 0.6) is 5.75 Å². The fraction of sp³-hybridized carbons (Fsp3) is 0.409. The normalized spacial score (nSPS) is 17.7. The van der Waals surface area contributed by atoms with Crippen LogP contribution in [0.1, 0.15) is 36.2 Å². The lowest BCUT2D eigenvalue weighted by atomic mass is 10.1. The Balaban J connectivity index is 1.71. The average molecular weight is 352 g/mol. The van der Waals surface area contributed by atoms with Crippen molar-refractivity contribution in [2.45, 2.75) is 32.9 Å². The van der Waals surface area contributed by atoms with E-state index < -0.39 is 0 Å². The number of likely N-dealkylation sites (N-methyl/N-ethyl adjacent to an activating group) is 1. The van der Waals surface area contributed by atoms with Crippen molar-refractivity contribution in [2.24, 2.45) is 0 Å². The van der Waals surface area contributed by atoms with Crippen LogP contribution >= 0.6 is 0 Å². The van der Waals surface area contributed by atoms with Gasteiger partial charge >= 0.3 is 0 Å². The molecule has 4 nitrogen and oxygen atoms in total. The van der Waals surface area contributed by atoms with E-state index in [9.17, 15) is 4.79 Å². The molecule has 3 rings (SSSR count). The number of nitrogens with zero attached hydrogens (tertiary/aromatic N) is 2. The molecule has 0 radical (unpaired) electrons. The predicted octanol–water partition coefficient (Wildman–Crippen LogP) is 3.80. The fourth-order valence-electron chi connectivity index (χ4n) is 3.41. The summed E-state index contributed by atoms with van der Waals surface area (Å²) in [5, 5.41) is 0. The van der Waals surface area contributed by atoms with E-state index >= 15 is 0 Å². The van der Waals surface area contributed by atoms with Gasteiger partial charge in [-0.3, -0.25) is 9.69 Å². The fourth-order valence-corrected chi connectivity index (χ4v) is 3.41. The van der Waals surface area contributed by atoms with Crippen LogP contribution in [0.3, 0.4) is 0 Å². The van der Waals surface area contributed by atoms with Crippen LogP contribution in [-0.4, -0.2) is 42.5 Å². The molecule has 138 valence electrons. The quantitative estimate of drug-likeness (QED) is 0.760. The van der Waals surface area contributed by atoms with Crippen LogP contribution in [0, 0.1) is 6.92 Å². The first kappa shape index (κ1) is 18.5. The van der Waals surface area contributed by atoms with Gasteiger partial charge in [-0.2, -0.15) is 0 Å². The van der Waals surface area contributed by atoms with Gasteiger partial charge in [-0.25, -0.2) is 0 Å². The van der Waals surface area contributed by atoms with Crippen LogP contribution in [0.2, 0.25) is 0 Å². The lowest BCUT2D eigenvalue weighted by Crippen LogP contribution is -2.32. The van der Waals surface area contributed by atoms with Crippen LogP contribution in [-0.2, 0) is 11.2 Å². The van der Waals surface area contributed by atoms with Gasteiger partial charge in [0.15, 0.2) is 0 Å². The number of rotatable bonds is 7.